The molecule has 2 aliphatic rings. The van der Waals surface area contributed by atoms with Crippen molar-refractivity contribution in [1.82, 2.24) is 4.98 Å². The molecule has 0 atom stereocenters. The van der Waals surface area contributed by atoms with E-state index in [-0.39, 0.29) is 17.8 Å². The lowest BCUT2D eigenvalue weighted by molar-refractivity contribution is -0.117. The van der Waals surface area contributed by atoms with Crippen molar-refractivity contribution in [3.05, 3.63) is 41.8 Å². The zero-order chi connectivity index (χ0) is 21.4. The molecule has 4 rings (SSSR count). The fourth-order valence-electron chi connectivity index (χ4n) is 3.88. The van der Waals surface area contributed by atoms with Crippen LogP contribution in [0.4, 0.5) is 30.4 Å². The van der Waals surface area contributed by atoms with Crippen LogP contribution in [0.3, 0.4) is 0 Å². The van der Waals surface area contributed by atoms with Gasteiger partial charge in [0.2, 0.25) is 5.91 Å². The molecule has 1 amide bonds. The largest absolute Gasteiger partial charge is 0.490 e. The molecule has 1 N–H and O–H groups in total. The maximum absolute atomic E-state index is 13.3. The monoisotopic (exact) mass is 420 g/mol. The van der Waals surface area contributed by atoms with Crippen molar-refractivity contribution >= 4 is 23.1 Å². The molecule has 160 valence electrons. The van der Waals surface area contributed by atoms with E-state index >= 15 is 0 Å². The lowest BCUT2D eigenvalue weighted by atomic mass is 9.82. The van der Waals surface area contributed by atoms with E-state index in [0.717, 1.165) is 42.2 Å². The fraction of sp³-hybridized carbons (Fsp3) is 0.429. The predicted octanol–water partition coefficient (Wildman–Crippen LogP) is 3.57. The second-order valence-electron chi connectivity index (χ2n) is 7.71. The highest BCUT2D eigenvalue weighted by atomic mass is 19.2. The molecule has 0 spiro atoms. The van der Waals surface area contributed by atoms with Crippen LogP contribution in [0.15, 0.2) is 24.4 Å². The maximum atomic E-state index is 13.3. The van der Waals surface area contributed by atoms with Gasteiger partial charge in [-0.2, -0.15) is 0 Å². The third-order valence-corrected chi connectivity index (χ3v) is 5.58. The number of likely N-dealkylation sites (N-methyl/N-ethyl adjacent to an activating group) is 2. The molecule has 1 aromatic heterocycles. The third-order valence-electron chi connectivity index (χ3n) is 5.58. The molecule has 0 unspecified atom stereocenters. The number of rotatable bonds is 6. The van der Waals surface area contributed by atoms with Gasteiger partial charge in [0.05, 0.1) is 30.2 Å². The predicted molar refractivity (Wildman–Crippen MR) is 107 cm³/mol. The van der Waals surface area contributed by atoms with Crippen LogP contribution >= 0.6 is 0 Å². The summed E-state index contributed by atoms with van der Waals surface area (Å²) in [5.41, 5.74) is 1.75. The summed E-state index contributed by atoms with van der Waals surface area (Å²) in [5, 5.41) is 3.31. The van der Waals surface area contributed by atoms with Gasteiger partial charge in [0, 0.05) is 38.3 Å². The van der Waals surface area contributed by atoms with Crippen LogP contribution in [0.25, 0.3) is 0 Å². The van der Waals surface area contributed by atoms with Crippen LogP contribution in [0.2, 0.25) is 0 Å². The average Bonchev–Trinajstić information content (AvgIpc) is 2.68. The lowest BCUT2D eigenvalue weighted by Crippen LogP contribution is -2.44. The van der Waals surface area contributed by atoms with Crippen molar-refractivity contribution < 1.29 is 22.7 Å². The zero-order valence-electron chi connectivity index (χ0n) is 16.8. The highest BCUT2D eigenvalue weighted by Crippen LogP contribution is 2.35. The summed E-state index contributed by atoms with van der Waals surface area (Å²) >= 11 is 0. The molecule has 1 aliphatic carbocycles. The second-order valence-corrected chi connectivity index (χ2v) is 7.71. The Morgan fingerprint density at radius 2 is 1.87 bits per heavy atom. The summed E-state index contributed by atoms with van der Waals surface area (Å²) in [6.07, 6.45) is 2.99. The number of ether oxygens (including phenoxy) is 1. The van der Waals surface area contributed by atoms with Crippen LogP contribution in [-0.2, 0) is 4.79 Å². The van der Waals surface area contributed by atoms with Gasteiger partial charge in [-0.05, 0) is 25.7 Å². The van der Waals surface area contributed by atoms with E-state index in [1.54, 1.807) is 11.1 Å². The first-order chi connectivity index (χ1) is 14.4. The number of carbonyl (C=O) groups is 1. The number of fused-ring (bicyclic) bond motifs is 1. The van der Waals surface area contributed by atoms with Gasteiger partial charge >= 0.3 is 0 Å². The lowest BCUT2D eigenvalue weighted by Gasteiger charge is -2.36. The van der Waals surface area contributed by atoms with E-state index in [9.17, 15) is 18.0 Å². The van der Waals surface area contributed by atoms with Crippen LogP contribution in [0.1, 0.15) is 19.8 Å². The second kappa shape index (κ2) is 8.04. The molecule has 0 radical (unpaired) electrons. The van der Waals surface area contributed by atoms with Crippen molar-refractivity contribution in [1.29, 1.82) is 0 Å². The van der Waals surface area contributed by atoms with Gasteiger partial charge in [0.25, 0.3) is 0 Å². The third kappa shape index (κ3) is 3.88. The highest BCUT2D eigenvalue weighted by Gasteiger charge is 2.32. The van der Waals surface area contributed by atoms with Crippen LogP contribution in [0.5, 0.6) is 5.75 Å². The van der Waals surface area contributed by atoms with Crippen LogP contribution in [0, 0.1) is 23.4 Å². The number of pyridine rings is 1. The molecule has 1 saturated carbocycles. The number of carbonyl (C=O) groups excluding carboxylic acids is 1. The van der Waals surface area contributed by atoms with Gasteiger partial charge < -0.3 is 19.9 Å². The summed E-state index contributed by atoms with van der Waals surface area (Å²) in [4.78, 5) is 20.2. The van der Waals surface area contributed by atoms with E-state index in [1.807, 2.05) is 24.9 Å². The molecular formula is C21H23F3N4O2. The van der Waals surface area contributed by atoms with Gasteiger partial charge in [-0.25, -0.2) is 18.2 Å². The Morgan fingerprint density at radius 3 is 2.53 bits per heavy atom. The molecule has 2 aromatic rings. The summed E-state index contributed by atoms with van der Waals surface area (Å²) in [6.45, 7) is 3.54. The number of amides is 1. The number of nitrogens with zero attached hydrogens (tertiary/aromatic N) is 3. The molecular weight excluding hydrogens is 397 g/mol. The summed E-state index contributed by atoms with van der Waals surface area (Å²) in [5.74, 6) is -2.91. The minimum Gasteiger partial charge on any atom is -0.490 e. The topological polar surface area (TPSA) is 57.7 Å². The molecule has 9 heteroatoms. The van der Waals surface area contributed by atoms with E-state index < -0.39 is 17.5 Å². The Hall–Kier alpha value is -2.97. The molecule has 1 fully saturated rings. The van der Waals surface area contributed by atoms with Gasteiger partial charge in [0.1, 0.15) is 11.6 Å². The Bertz CT molecular complexity index is 942. The van der Waals surface area contributed by atoms with Crippen molar-refractivity contribution in [2.45, 2.75) is 25.9 Å². The SMILES string of the molecule is CCN1C(=O)CN(C)c2cc(NCC3CC(Oc4cc(F)c(F)c(F)c4)C3)ncc21. The minimum absolute atomic E-state index is 0.00257. The maximum Gasteiger partial charge on any atom is 0.246 e. The first-order valence-corrected chi connectivity index (χ1v) is 9.92. The molecule has 0 saturated heterocycles. The zero-order valence-corrected chi connectivity index (χ0v) is 16.8. The van der Waals surface area contributed by atoms with Gasteiger partial charge in [-0.1, -0.05) is 0 Å². The fourth-order valence-corrected chi connectivity index (χ4v) is 3.88. The minimum atomic E-state index is -1.49. The van der Waals surface area contributed by atoms with Crippen molar-refractivity contribution in [3.63, 3.8) is 0 Å². The Balaban J connectivity index is 1.31. The summed E-state index contributed by atoms with van der Waals surface area (Å²) in [6, 6.07) is 3.66. The quantitative estimate of drug-likeness (QED) is 0.724. The number of halogens is 3. The van der Waals surface area contributed by atoms with Gasteiger partial charge in [-0.3, -0.25) is 4.79 Å². The van der Waals surface area contributed by atoms with E-state index in [0.29, 0.717) is 25.6 Å². The molecule has 1 aliphatic heterocycles. The average molecular weight is 420 g/mol. The van der Waals surface area contributed by atoms with Gasteiger partial charge in [-0.15, -0.1) is 0 Å². The van der Waals surface area contributed by atoms with E-state index in [4.69, 9.17) is 4.74 Å². The van der Waals surface area contributed by atoms with Crippen LogP contribution in [-0.4, -0.2) is 43.7 Å². The van der Waals surface area contributed by atoms with E-state index in [1.165, 1.54) is 0 Å². The number of aromatic nitrogens is 1. The summed E-state index contributed by atoms with van der Waals surface area (Å²) < 4.78 is 45.1. The highest BCUT2D eigenvalue weighted by molar-refractivity contribution is 6.03. The molecule has 1 aromatic carbocycles. The first kappa shape index (κ1) is 20.3. The standard InChI is InChI=1S/C21H23F3N4O2/c1-3-28-18-10-26-19(8-17(18)27(2)11-20(28)29)25-9-12-4-13(5-12)30-14-6-15(22)21(24)16(23)7-14/h6-8,10,12-13H,3-5,9,11H2,1-2H3,(H,25,26). The Morgan fingerprint density at radius 1 is 1.17 bits per heavy atom. The van der Waals surface area contributed by atoms with Crippen molar-refractivity contribution in [2.75, 3.05) is 41.8 Å². The number of anilines is 3. The molecule has 2 heterocycles. The van der Waals surface area contributed by atoms with Crippen LogP contribution < -0.4 is 19.9 Å². The Labute approximate surface area is 172 Å². The molecule has 6 nitrogen and oxygen atoms in total. The number of hydrogen-bond acceptors (Lipinski definition) is 5. The summed E-state index contributed by atoms with van der Waals surface area (Å²) in [7, 11) is 1.88. The number of nitrogens with one attached hydrogen (secondary N) is 1. The van der Waals surface area contributed by atoms with Crippen molar-refractivity contribution in [2.24, 2.45) is 5.92 Å². The Kier molecular flexibility index (Phi) is 5.44. The van der Waals surface area contributed by atoms with Gasteiger partial charge in [0.15, 0.2) is 17.5 Å². The normalized spacial score (nSPS) is 20.6. The smallest absolute Gasteiger partial charge is 0.246 e. The van der Waals surface area contributed by atoms with Crippen molar-refractivity contribution in [3.8, 4) is 5.75 Å². The number of hydrogen-bond donors (Lipinski definition) is 1. The molecule has 0 bridgehead atoms. The number of benzene rings is 1. The first-order valence-electron chi connectivity index (χ1n) is 9.92. The van der Waals surface area contributed by atoms with E-state index in [2.05, 4.69) is 10.3 Å². The molecule has 30 heavy (non-hydrogen) atoms.